The molecule has 1 aliphatic rings. The van der Waals surface area contributed by atoms with Crippen LogP contribution in [0.1, 0.15) is 36.2 Å². The van der Waals surface area contributed by atoms with Crippen LogP contribution in [0.3, 0.4) is 0 Å². The van der Waals surface area contributed by atoms with Gasteiger partial charge >= 0.3 is 0 Å². The molecule has 1 aromatic carbocycles. The highest BCUT2D eigenvalue weighted by Gasteiger charge is 2.24. The molecule has 2 aromatic rings. The van der Waals surface area contributed by atoms with Gasteiger partial charge in [-0.1, -0.05) is 35.5 Å². The lowest BCUT2D eigenvalue weighted by Gasteiger charge is -2.23. The normalized spacial score (nSPS) is 18.6. The Labute approximate surface area is 106 Å². The van der Waals surface area contributed by atoms with Gasteiger partial charge in [-0.3, -0.25) is 0 Å². The Balaban J connectivity index is 1.49. The van der Waals surface area contributed by atoms with Crippen molar-refractivity contribution in [1.29, 1.82) is 0 Å². The Kier molecular flexibility index (Phi) is 3.37. The van der Waals surface area contributed by atoms with Crippen LogP contribution in [0, 0.1) is 0 Å². The van der Waals surface area contributed by atoms with Crippen molar-refractivity contribution >= 4 is 0 Å². The summed E-state index contributed by atoms with van der Waals surface area (Å²) in [5.74, 6) is 1.57. The van der Waals surface area contributed by atoms with E-state index < -0.39 is 0 Å². The summed E-state index contributed by atoms with van der Waals surface area (Å²) in [6, 6.07) is 10.8. The number of rotatable bonds is 5. The van der Waals surface area contributed by atoms with E-state index in [2.05, 4.69) is 39.7 Å². The number of nitrogens with one attached hydrogen (secondary N) is 1. The SMILES string of the molecule is c1ccc(CCCc2noc([C@@H]3CCN3)n2)cc1. The molecule has 0 bridgehead atoms. The third kappa shape index (κ3) is 2.59. The van der Waals surface area contributed by atoms with Gasteiger partial charge in [0.05, 0.1) is 6.04 Å². The average molecular weight is 243 g/mol. The Hall–Kier alpha value is -1.68. The van der Waals surface area contributed by atoms with Crippen LogP contribution in [0.2, 0.25) is 0 Å². The molecule has 0 amide bonds. The monoisotopic (exact) mass is 243 g/mol. The van der Waals surface area contributed by atoms with Crippen molar-refractivity contribution in [2.24, 2.45) is 0 Å². The molecule has 1 saturated heterocycles. The van der Waals surface area contributed by atoms with Crippen LogP contribution in [0.25, 0.3) is 0 Å². The number of hydrogen-bond donors (Lipinski definition) is 1. The molecular formula is C14H17N3O. The lowest BCUT2D eigenvalue weighted by atomic mass is 10.1. The van der Waals surface area contributed by atoms with Gasteiger partial charge in [0.15, 0.2) is 5.82 Å². The summed E-state index contributed by atoms with van der Waals surface area (Å²) in [7, 11) is 0. The number of hydrogen-bond acceptors (Lipinski definition) is 4. The van der Waals surface area contributed by atoms with Gasteiger partial charge in [-0.2, -0.15) is 4.98 Å². The molecule has 1 atom stereocenters. The van der Waals surface area contributed by atoms with E-state index in [1.165, 1.54) is 5.56 Å². The van der Waals surface area contributed by atoms with Crippen molar-refractivity contribution in [3.05, 3.63) is 47.6 Å². The third-order valence-corrected chi connectivity index (χ3v) is 3.31. The molecule has 3 rings (SSSR count). The maximum atomic E-state index is 5.25. The lowest BCUT2D eigenvalue weighted by Crippen LogP contribution is -2.35. The van der Waals surface area contributed by atoms with Gasteiger partial charge in [-0.25, -0.2) is 0 Å². The zero-order chi connectivity index (χ0) is 12.2. The molecule has 1 fully saturated rings. The summed E-state index contributed by atoms with van der Waals surface area (Å²) in [5, 5.41) is 7.28. The molecule has 4 nitrogen and oxygen atoms in total. The molecule has 1 aromatic heterocycles. The van der Waals surface area contributed by atoms with Crippen LogP contribution < -0.4 is 5.32 Å². The molecule has 0 saturated carbocycles. The lowest BCUT2D eigenvalue weighted by molar-refractivity contribution is 0.272. The highest BCUT2D eigenvalue weighted by Crippen LogP contribution is 2.20. The van der Waals surface area contributed by atoms with E-state index in [0.29, 0.717) is 6.04 Å². The number of benzene rings is 1. The van der Waals surface area contributed by atoms with Crippen molar-refractivity contribution in [1.82, 2.24) is 15.5 Å². The zero-order valence-electron chi connectivity index (χ0n) is 10.3. The summed E-state index contributed by atoms with van der Waals surface area (Å²) in [4.78, 5) is 4.42. The van der Waals surface area contributed by atoms with Crippen molar-refractivity contribution in [3.63, 3.8) is 0 Å². The summed E-state index contributed by atoms with van der Waals surface area (Å²) >= 11 is 0. The highest BCUT2D eigenvalue weighted by atomic mass is 16.5. The van der Waals surface area contributed by atoms with Crippen molar-refractivity contribution in [3.8, 4) is 0 Å². The topological polar surface area (TPSA) is 51.0 Å². The molecule has 0 unspecified atom stereocenters. The summed E-state index contributed by atoms with van der Waals surface area (Å²) < 4.78 is 5.25. The largest absolute Gasteiger partial charge is 0.338 e. The van der Waals surface area contributed by atoms with Crippen molar-refractivity contribution < 1.29 is 4.52 Å². The first-order chi connectivity index (χ1) is 8.92. The Morgan fingerprint density at radius 2 is 2.06 bits per heavy atom. The molecule has 94 valence electrons. The van der Waals surface area contributed by atoms with Crippen LogP contribution in [-0.4, -0.2) is 16.7 Å². The zero-order valence-corrected chi connectivity index (χ0v) is 10.3. The van der Waals surface area contributed by atoms with Crippen molar-refractivity contribution in [2.45, 2.75) is 31.7 Å². The minimum Gasteiger partial charge on any atom is -0.338 e. The summed E-state index contributed by atoms with van der Waals surface area (Å²) in [6.07, 6.45) is 4.10. The fourth-order valence-electron chi connectivity index (χ4n) is 2.11. The van der Waals surface area contributed by atoms with Gasteiger partial charge < -0.3 is 9.84 Å². The predicted octanol–water partition coefficient (Wildman–Crippen LogP) is 2.28. The van der Waals surface area contributed by atoms with Crippen LogP contribution in [0.5, 0.6) is 0 Å². The minimum absolute atomic E-state index is 0.292. The molecular weight excluding hydrogens is 226 g/mol. The van der Waals surface area contributed by atoms with Gasteiger partial charge in [-0.15, -0.1) is 0 Å². The van der Waals surface area contributed by atoms with Gasteiger partial charge in [0.2, 0.25) is 5.89 Å². The molecule has 2 heterocycles. The minimum atomic E-state index is 0.292. The first kappa shape index (κ1) is 11.4. The first-order valence-electron chi connectivity index (χ1n) is 6.51. The molecule has 0 spiro atoms. The Morgan fingerprint density at radius 3 is 2.78 bits per heavy atom. The number of nitrogens with zero attached hydrogens (tertiary/aromatic N) is 2. The van der Waals surface area contributed by atoms with E-state index in [1.54, 1.807) is 0 Å². The van der Waals surface area contributed by atoms with E-state index in [0.717, 1.165) is 43.9 Å². The van der Waals surface area contributed by atoms with E-state index in [-0.39, 0.29) is 0 Å². The predicted molar refractivity (Wildman–Crippen MR) is 68.1 cm³/mol. The van der Waals surface area contributed by atoms with Crippen molar-refractivity contribution in [2.75, 3.05) is 6.54 Å². The smallest absolute Gasteiger partial charge is 0.243 e. The second kappa shape index (κ2) is 5.31. The van der Waals surface area contributed by atoms with E-state index >= 15 is 0 Å². The van der Waals surface area contributed by atoms with Gasteiger partial charge in [0.25, 0.3) is 0 Å². The highest BCUT2D eigenvalue weighted by molar-refractivity contribution is 5.14. The molecule has 0 radical (unpaired) electrons. The van der Waals surface area contributed by atoms with E-state index in [9.17, 15) is 0 Å². The van der Waals surface area contributed by atoms with Crippen LogP contribution in [0.15, 0.2) is 34.9 Å². The number of aromatic nitrogens is 2. The summed E-state index contributed by atoms with van der Waals surface area (Å²) in [6.45, 7) is 1.05. The van der Waals surface area contributed by atoms with E-state index in [1.807, 2.05) is 6.07 Å². The quantitative estimate of drug-likeness (QED) is 0.875. The van der Waals surface area contributed by atoms with Crippen LogP contribution >= 0.6 is 0 Å². The molecule has 4 heteroatoms. The second-order valence-corrected chi connectivity index (χ2v) is 4.68. The first-order valence-corrected chi connectivity index (χ1v) is 6.51. The molecule has 1 N–H and O–H groups in total. The maximum Gasteiger partial charge on any atom is 0.243 e. The average Bonchev–Trinajstić information content (AvgIpc) is 2.77. The van der Waals surface area contributed by atoms with Gasteiger partial charge in [0, 0.05) is 6.42 Å². The number of aryl methyl sites for hydroxylation is 2. The maximum absolute atomic E-state index is 5.25. The van der Waals surface area contributed by atoms with Gasteiger partial charge in [0.1, 0.15) is 0 Å². The third-order valence-electron chi connectivity index (χ3n) is 3.31. The van der Waals surface area contributed by atoms with E-state index in [4.69, 9.17) is 4.52 Å². The van der Waals surface area contributed by atoms with Crippen LogP contribution in [-0.2, 0) is 12.8 Å². The fourth-order valence-corrected chi connectivity index (χ4v) is 2.11. The fraction of sp³-hybridized carbons (Fsp3) is 0.429. The summed E-state index contributed by atoms with van der Waals surface area (Å²) in [5.41, 5.74) is 1.36. The Bertz CT molecular complexity index is 491. The molecule has 0 aliphatic carbocycles. The molecule has 18 heavy (non-hydrogen) atoms. The standard InChI is InChI=1S/C14H17N3O/c1-2-5-11(6-3-1)7-4-8-13-16-14(18-17-13)12-9-10-15-12/h1-3,5-6,12,15H,4,7-10H2/t12-/m0/s1. The molecule has 1 aliphatic heterocycles. The van der Waals surface area contributed by atoms with Crippen LogP contribution in [0.4, 0.5) is 0 Å². The van der Waals surface area contributed by atoms with Gasteiger partial charge in [-0.05, 0) is 31.4 Å². The second-order valence-electron chi connectivity index (χ2n) is 4.68. The Morgan fingerprint density at radius 1 is 1.22 bits per heavy atom.